The molecule has 1 atom stereocenters. The van der Waals surface area contributed by atoms with Crippen molar-refractivity contribution in [1.29, 1.82) is 0 Å². The highest BCUT2D eigenvalue weighted by Crippen LogP contribution is 2.29. The normalized spacial score (nSPS) is 15.9. The molecule has 0 aliphatic carbocycles. The molecule has 2 N–H and O–H groups in total. The van der Waals surface area contributed by atoms with Gasteiger partial charge >= 0.3 is 6.09 Å². The van der Waals surface area contributed by atoms with Crippen molar-refractivity contribution in [2.24, 2.45) is 0 Å². The number of benzene rings is 2. The highest BCUT2D eigenvalue weighted by molar-refractivity contribution is 5.90. The third-order valence-corrected chi connectivity index (χ3v) is 4.80. The first-order valence-corrected chi connectivity index (χ1v) is 9.86. The minimum Gasteiger partial charge on any atom is -0.442 e. The van der Waals surface area contributed by atoms with Crippen LogP contribution in [0.1, 0.15) is 18.9 Å². The molecule has 1 aliphatic rings. The third-order valence-electron chi connectivity index (χ3n) is 4.80. The molecule has 160 valence electrons. The lowest BCUT2D eigenvalue weighted by molar-refractivity contribution is -0.119. The molecule has 8 heteroatoms. The quantitative estimate of drug-likeness (QED) is 0.614. The van der Waals surface area contributed by atoms with Crippen molar-refractivity contribution in [3.63, 3.8) is 0 Å². The summed E-state index contributed by atoms with van der Waals surface area (Å²) in [6.07, 6.45) is -0.564. The van der Waals surface area contributed by atoms with E-state index in [0.29, 0.717) is 30.8 Å². The van der Waals surface area contributed by atoms with Gasteiger partial charge in [0.25, 0.3) is 0 Å². The second kappa shape index (κ2) is 10.2. The van der Waals surface area contributed by atoms with E-state index in [1.54, 1.807) is 12.1 Å². The van der Waals surface area contributed by atoms with Crippen molar-refractivity contribution in [1.82, 2.24) is 10.6 Å². The zero-order valence-electron chi connectivity index (χ0n) is 16.8. The maximum atomic E-state index is 14.8. The van der Waals surface area contributed by atoms with Crippen LogP contribution in [0.2, 0.25) is 0 Å². The molecule has 1 heterocycles. The Morgan fingerprint density at radius 2 is 2.00 bits per heavy atom. The van der Waals surface area contributed by atoms with E-state index >= 15 is 0 Å². The van der Waals surface area contributed by atoms with Crippen LogP contribution in [0.25, 0.3) is 11.1 Å². The molecule has 1 fully saturated rings. The van der Waals surface area contributed by atoms with Crippen LogP contribution < -0.4 is 15.5 Å². The maximum Gasteiger partial charge on any atom is 0.414 e. The summed E-state index contributed by atoms with van der Waals surface area (Å²) in [5, 5.41) is 5.76. The van der Waals surface area contributed by atoms with Crippen LogP contribution >= 0.6 is 0 Å². The summed E-state index contributed by atoms with van der Waals surface area (Å²) in [5.74, 6) is -0.652. The second-order valence-electron chi connectivity index (χ2n) is 7.13. The van der Waals surface area contributed by atoms with Gasteiger partial charge in [-0.3, -0.25) is 14.1 Å². The number of amides is 2. The van der Waals surface area contributed by atoms with Crippen molar-refractivity contribution >= 4 is 17.7 Å². The molecule has 2 aromatic rings. The number of hydrogen-bond acceptors (Lipinski definition) is 4. The maximum absolute atomic E-state index is 14.8. The number of carbonyl (C=O) groups is 2. The number of nitrogens with zero attached hydrogens (tertiary/aromatic N) is 1. The standard InChI is InChI=1S/C22H25F2N3O3/c1-15(28)26-13-19-14-27(22(29)30-19)18-7-8-20(21(24)11-18)17-5-3-16(4-6-17)12-25-10-2-9-23/h3-8,11,19,25H,2,9-10,12-14H2,1H3,(H,26,28). The molecule has 0 spiro atoms. The molecule has 2 aromatic carbocycles. The predicted molar refractivity (Wildman–Crippen MR) is 110 cm³/mol. The summed E-state index contributed by atoms with van der Waals surface area (Å²) in [4.78, 5) is 24.5. The van der Waals surface area contributed by atoms with Crippen molar-refractivity contribution in [3.05, 3.63) is 53.8 Å². The molecule has 0 saturated carbocycles. The number of ether oxygens (including phenoxy) is 1. The summed E-state index contributed by atoms with van der Waals surface area (Å²) in [6.45, 7) is 2.73. The first kappa shape index (κ1) is 21.7. The molecule has 30 heavy (non-hydrogen) atoms. The SMILES string of the molecule is CC(=O)NCC1CN(c2ccc(-c3ccc(CNCCCF)cc3)c(F)c2)C(=O)O1. The van der Waals surface area contributed by atoms with E-state index in [2.05, 4.69) is 10.6 Å². The fraction of sp³-hybridized carbons (Fsp3) is 0.364. The van der Waals surface area contributed by atoms with E-state index in [9.17, 15) is 18.4 Å². The molecule has 1 aliphatic heterocycles. The van der Waals surface area contributed by atoms with Gasteiger partial charge < -0.3 is 15.4 Å². The summed E-state index contributed by atoms with van der Waals surface area (Å²) in [5.41, 5.74) is 2.58. The zero-order chi connectivity index (χ0) is 21.5. The van der Waals surface area contributed by atoms with E-state index in [0.717, 1.165) is 11.1 Å². The number of halogens is 2. The largest absolute Gasteiger partial charge is 0.442 e. The van der Waals surface area contributed by atoms with Crippen LogP contribution in [0.15, 0.2) is 42.5 Å². The number of anilines is 1. The van der Waals surface area contributed by atoms with Crippen LogP contribution in [-0.2, 0) is 16.1 Å². The number of rotatable bonds is 9. The molecule has 2 amide bonds. The lowest BCUT2D eigenvalue weighted by Crippen LogP contribution is -2.33. The van der Waals surface area contributed by atoms with Crippen LogP contribution in [0.5, 0.6) is 0 Å². The Hall–Kier alpha value is -3.00. The number of carbonyl (C=O) groups excluding carboxylic acids is 2. The van der Waals surface area contributed by atoms with Gasteiger partial charge in [-0.2, -0.15) is 0 Å². The Balaban J connectivity index is 1.65. The van der Waals surface area contributed by atoms with Gasteiger partial charge in [0.15, 0.2) is 0 Å². The zero-order valence-corrected chi connectivity index (χ0v) is 16.8. The van der Waals surface area contributed by atoms with Crippen LogP contribution in [-0.4, -0.2) is 44.4 Å². The average Bonchev–Trinajstić information content (AvgIpc) is 3.11. The summed E-state index contributed by atoms with van der Waals surface area (Å²) in [6, 6.07) is 12.1. The number of alkyl halides is 1. The molecular weight excluding hydrogens is 392 g/mol. The van der Waals surface area contributed by atoms with Gasteiger partial charge in [0.2, 0.25) is 5.91 Å². The monoisotopic (exact) mass is 417 g/mol. The highest BCUT2D eigenvalue weighted by atomic mass is 19.1. The molecule has 0 bridgehead atoms. The van der Waals surface area contributed by atoms with Gasteiger partial charge in [0, 0.05) is 19.0 Å². The van der Waals surface area contributed by atoms with Crippen LogP contribution in [0.3, 0.4) is 0 Å². The third kappa shape index (κ3) is 5.54. The van der Waals surface area contributed by atoms with Crippen molar-refractivity contribution in [2.75, 3.05) is 31.2 Å². The Kier molecular flexibility index (Phi) is 7.35. The van der Waals surface area contributed by atoms with E-state index in [4.69, 9.17) is 4.74 Å². The van der Waals surface area contributed by atoms with Gasteiger partial charge in [-0.1, -0.05) is 24.3 Å². The molecule has 0 aromatic heterocycles. The summed E-state index contributed by atoms with van der Waals surface area (Å²) >= 11 is 0. The first-order valence-electron chi connectivity index (χ1n) is 9.86. The van der Waals surface area contributed by atoms with E-state index in [1.165, 1.54) is 17.9 Å². The number of cyclic esters (lactones) is 1. The number of nitrogens with one attached hydrogen (secondary N) is 2. The number of hydrogen-bond donors (Lipinski definition) is 2. The Labute approximate surface area is 174 Å². The van der Waals surface area contributed by atoms with Crippen molar-refractivity contribution in [3.8, 4) is 11.1 Å². The average molecular weight is 417 g/mol. The Morgan fingerprint density at radius 1 is 1.23 bits per heavy atom. The molecular formula is C22H25F2N3O3. The molecule has 1 unspecified atom stereocenters. The minimum atomic E-state index is -0.567. The van der Waals surface area contributed by atoms with Gasteiger partial charge in [-0.05, 0) is 42.3 Å². The Bertz CT molecular complexity index is 890. The van der Waals surface area contributed by atoms with Gasteiger partial charge in [0.1, 0.15) is 11.9 Å². The topological polar surface area (TPSA) is 70.7 Å². The smallest absolute Gasteiger partial charge is 0.414 e. The van der Waals surface area contributed by atoms with Crippen molar-refractivity contribution in [2.45, 2.75) is 26.0 Å². The van der Waals surface area contributed by atoms with E-state index in [1.807, 2.05) is 24.3 Å². The lowest BCUT2D eigenvalue weighted by Gasteiger charge is -2.15. The molecule has 0 radical (unpaired) electrons. The van der Waals surface area contributed by atoms with Gasteiger partial charge in [0.05, 0.1) is 25.5 Å². The van der Waals surface area contributed by atoms with E-state index < -0.39 is 18.0 Å². The van der Waals surface area contributed by atoms with Crippen LogP contribution in [0.4, 0.5) is 19.3 Å². The molecule has 6 nitrogen and oxygen atoms in total. The predicted octanol–water partition coefficient (Wildman–Crippen LogP) is 3.40. The minimum absolute atomic E-state index is 0.207. The summed E-state index contributed by atoms with van der Waals surface area (Å²) < 4.78 is 32.1. The molecule has 3 rings (SSSR count). The molecule has 1 saturated heterocycles. The fourth-order valence-corrected chi connectivity index (χ4v) is 3.23. The highest BCUT2D eigenvalue weighted by Gasteiger charge is 2.32. The summed E-state index contributed by atoms with van der Waals surface area (Å²) in [7, 11) is 0. The van der Waals surface area contributed by atoms with E-state index in [-0.39, 0.29) is 25.7 Å². The van der Waals surface area contributed by atoms with Crippen molar-refractivity contribution < 1.29 is 23.1 Å². The van der Waals surface area contributed by atoms with Gasteiger partial charge in [-0.25, -0.2) is 9.18 Å². The first-order chi connectivity index (χ1) is 14.5. The lowest BCUT2D eigenvalue weighted by atomic mass is 10.0. The van der Waals surface area contributed by atoms with Gasteiger partial charge in [-0.15, -0.1) is 0 Å². The van der Waals surface area contributed by atoms with Crippen LogP contribution in [0, 0.1) is 5.82 Å². The fourth-order valence-electron chi connectivity index (χ4n) is 3.23. The Morgan fingerprint density at radius 3 is 2.67 bits per heavy atom. The second-order valence-corrected chi connectivity index (χ2v) is 7.13.